The van der Waals surface area contributed by atoms with Gasteiger partial charge in [-0.1, -0.05) is 13.8 Å². The number of ether oxygens (including phenoxy) is 3. The Morgan fingerprint density at radius 3 is 2.16 bits per heavy atom. The zero-order chi connectivity index (χ0) is 18.8. The molecule has 0 fully saturated rings. The highest BCUT2D eigenvalue weighted by molar-refractivity contribution is 5.79. The Morgan fingerprint density at radius 1 is 0.760 bits per heavy atom. The Morgan fingerprint density at radius 2 is 1.44 bits per heavy atom. The van der Waals surface area contributed by atoms with Gasteiger partial charge in [0.2, 0.25) is 11.8 Å². The van der Waals surface area contributed by atoms with Gasteiger partial charge in [-0.3, -0.25) is 14.4 Å². The van der Waals surface area contributed by atoms with Crippen molar-refractivity contribution < 1.29 is 28.6 Å². The van der Waals surface area contributed by atoms with E-state index in [0.717, 1.165) is 6.42 Å². The first-order chi connectivity index (χ1) is 12.1. The van der Waals surface area contributed by atoms with Gasteiger partial charge in [-0.25, -0.2) is 0 Å². The second-order valence-electron chi connectivity index (χ2n) is 5.41. The van der Waals surface area contributed by atoms with E-state index >= 15 is 0 Å². The van der Waals surface area contributed by atoms with Gasteiger partial charge < -0.3 is 24.8 Å². The Labute approximate surface area is 150 Å². The molecule has 0 radical (unpaired) electrons. The number of carbonyl (C=O) groups is 3. The number of amides is 2. The van der Waals surface area contributed by atoms with Crippen LogP contribution in [0.1, 0.15) is 39.5 Å². The van der Waals surface area contributed by atoms with Gasteiger partial charge in [-0.15, -0.1) is 0 Å². The highest BCUT2D eigenvalue weighted by atomic mass is 16.5. The van der Waals surface area contributed by atoms with Gasteiger partial charge in [0.05, 0.1) is 19.8 Å². The molecule has 0 aliphatic rings. The van der Waals surface area contributed by atoms with Crippen molar-refractivity contribution in [3.05, 3.63) is 0 Å². The molecule has 0 saturated carbocycles. The van der Waals surface area contributed by atoms with E-state index in [9.17, 15) is 14.4 Å². The molecular weight excluding hydrogens is 328 g/mol. The van der Waals surface area contributed by atoms with Crippen molar-refractivity contribution in [1.29, 1.82) is 0 Å². The summed E-state index contributed by atoms with van der Waals surface area (Å²) >= 11 is 0. The fourth-order valence-electron chi connectivity index (χ4n) is 1.74. The second-order valence-corrected chi connectivity index (χ2v) is 5.41. The summed E-state index contributed by atoms with van der Waals surface area (Å²) in [6.07, 6.45) is 2.34. The van der Waals surface area contributed by atoms with E-state index in [1.807, 2.05) is 6.92 Å². The van der Waals surface area contributed by atoms with Crippen molar-refractivity contribution in [3.8, 4) is 0 Å². The van der Waals surface area contributed by atoms with Crippen LogP contribution in [-0.2, 0) is 28.6 Å². The monoisotopic (exact) mass is 360 g/mol. The Balaban J connectivity index is 3.30. The molecule has 8 nitrogen and oxygen atoms in total. The molecular formula is C17H32N2O6. The largest absolute Gasteiger partial charge is 0.377 e. The summed E-state index contributed by atoms with van der Waals surface area (Å²) in [4.78, 5) is 33.9. The van der Waals surface area contributed by atoms with Crippen LogP contribution in [0.4, 0.5) is 0 Å². The summed E-state index contributed by atoms with van der Waals surface area (Å²) < 4.78 is 15.6. The van der Waals surface area contributed by atoms with Crippen molar-refractivity contribution in [3.63, 3.8) is 0 Å². The average molecular weight is 360 g/mol. The lowest BCUT2D eigenvalue weighted by Crippen LogP contribution is -2.31. The van der Waals surface area contributed by atoms with Crippen LogP contribution >= 0.6 is 0 Å². The van der Waals surface area contributed by atoms with Gasteiger partial charge >= 0.3 is 0 Å². The Bertz CT molecular complexity index is 376. The van der Waals surface area contributed by atoms with Crippen molar-refractivity contribution in [2.45, 2.75) is 39.5 Å². The molecule has 25 heavy (non-hydrogen) atoms. The zero-order valence-electron chi connectivity index (χ0n) is 15.4. The number of hydrogen-bond acceptors (Lipinski definition) is 6. The van der Waals surface area contributed by atoms with E-state index in [1.165, 1.54) is 0 Å². The third kappa shape index (κ3) is 17.1. The molecule has 8 heteroatoms. The molecule has 0 unspecified atom stereocenters. The fourth-order valence-corrected chi connectivity index (χ4v) is 1.74. The molecule has 0 aliphatic heterocycles. The van der Waals surface area contributed by atoms with Crippen LogP contribution in [0, 0.1) is 0 Å². The maximum atomic E-state index is 11.5. The minimum atomic E-state index is -0.158. The lowest BCUT2D eigenvalue weighted by Gasteiger charge is -2.07. The van der Waals surface area contributed by atoms with E-state index in [2.05, 4.69) is 10.6 Å². The molecule has 0 rings (SSSR count). The van der Waals surface area contributed by atoms with E-state index in [4.69, 9.17) is 14.2 Å². The summed E-state index contributed by atoms with van der Waals surface area (Å²) in [5.41, 5.74) is 0. The molecule has 0 aromatic carbocycles. The predicted octanol–water partition coefficient (Wildman–Crippen LogP) is 0.438. The van der Waals surface area contributed by atoms with Gasteiger partial charge in [0.15, 0.2) is 5.78 Å². The first kappa shape index (κ1) is 23.5. The van der Waals surface area contributed by atoms with E-state index in [0.29, 0.717) is 58.8 Å². The third-order valence-electron chi connectivity index (χ3n) is 3.06. The summed E-state index contributed by atoms with van der Waals surface area (Å²) in [7, 11) is 0. The molecule has 0 atom stereocenters. The Hall–Kier alpha value is -1.51. The van der Waals surface area contributed by atoms with Crippen LogP contribution in [-0.4, -0.2) is 70.3 Å². The molecule has 0 aromatic heterocycles. The number of hydrogen-bond donors (Lipinski definition) is 2. The highest BCUT2D eigenvalue weighted by Crippen LogP contribution is 1.92. The smallest absolute Gasteiger partial charge is 0.246 e. The summed E-state index contributed by atoms with van der Waals surface area (Å²) in [5.74, 6) is -0.162. The van der Waals surface area contributed by atoms with Crippen LogP contribution in [0.3, 0.4) is 0 Å². The normalized spacial score (nSPS) is 10.5. The zero-order valence-corrected chi connectivity index (χ0v) is 15.4. The summed E-state index contributed by atoms with van der Waals surface area (Å²) in [5, 5.41) is 5.39. The average Bonchev–Trinajstić information content (AvgIpc) is 2.60. The van der Waals surface area contributed by atoms with Crippen molar-refractivity contribution in [2.75, 3.05) is 52.7 Å². The van der Waals surface area contributed by atoms with Gasteiger partial charge in [-0.05, 0) is 12.8 Å². The lowest BCUT2D eigenvalue weighted by molar-refractivity contribution is -0.126. The molecule has 146 valence electrons. The van der Waals surface area contributed by atoms with Gasteiger partial charge in [-0.2, -0.15) is 0 Å². The molecule has 2 N–H and O–H groups in total. The van der Waals surface area contributed by atoms with Crippen molar-refractivity contribution in [1.82, 2.24) is 10.6 Å². The minimum absolute atomic E-state index is 0.00471. The SMILES string of the molecule is CCCOCC(=O)NCCOCCOCC(=O)CCCNC(=O)CC. The molecule has 0 saturated heterocycles. The van der Waals surface area contributed by atoms with Crippen LogP contribution in [0.25, 0.3) is 0 Å². The van der Waals surface area contributed by atoms with E-state index in [1.54, 1.807) is 6.92 Å². The topological polar surface area (TPSA) is 103 Å². The molecule has 0 aromatic rings. The Kier molecular flexibility index (Phi) is 16.3. The van der Waals surface area contributed by atoms with E-state index in [-0.39, 0.29) is 30.8 Å². The quantitative estimate of drug-likeness (QED) is 0.365. The molecule has 0 heterocycles. The second kappa shape index (κ2) is 17.3. The number of rotatable bonds is 17. The van der Waals surface area contributed by atoms with Crippen molar-refractivity contribution >= 4 is 17.6 Å². The maximum Gasteiger partial charge on any atom is 0.246 e. The van der Waals surface area contributed by atoms with Crippen LogP contribution < -0.4 is 10.6 Å². The predicted molar refractivity (Wildman–Crippen MR) is 93.3 cm³/mol. The maximum absolute atomic E-state index is 11.5. The number of Topliss-reactive ketones (excluding diaryl/α,β-unsaturated/α-hetero) is 1. The lowest BCUT2D eigenvalue weighted by atomic mass is 10.2. The van der Waals surface area contributed by atoms with Gasteiger partial charge in [0, 0.05) is 32.5 Å². The third-order valence-corrected chi connectivity index (χ3v) is 3.06. The fraction of sp³-hybridized carbons (Fsp3) is 0.824. The van der Waals surface area contributed by atoms with Gasteiger partial charge in [0.25, 0.3) is 0 Å². The highest BCUT2D eigenvalue weighted by Gasteiger charge is 2.03. The number of carbonyl (C=O) groups excluding carboxylic acids is 3. The molecule has 0 aliphatic carbocycles. The number of nitrogens with one attached hydrogen (secondary N) is 2. The molecule has 2 amide bonds. The first-order valence-electron chi connectivity index (χ1n) is 8.88. The molecule has 0 bridgehead atoms. The van der Waals surface area contributed by atoms with Gasteiger partial charge in [0.1, 0.15) is 13.2 Å². The van der Waals surface area contributed by atoms with Crippen LogP contribution in [0.15, 0.2) is 0 Å². The van der Waals surface area contributed by atoms with E-state index < -0.39 is 0 Å². The van der Waals surface area contributed by atoms with Crippen LogP contribution in [0.2, 0.25) is 0 Å². The molecule has 0 spiro atoms. The minimum Gasteiger partial charge on any atom is -0.377 e. The van der Waals surface area contributed by atoms with Crippen LogP contribution in [0.5, 0.6) is 0 Å². The number of ketones is 1. The summed E-state index contributed by atoms with van der Waals surface area (Å²) in [6.45, 7) is 6.46. The summed E-state index contributed by atoms with van der Waals surface area (Å²) in [6, 6.07) is 0. The van der Waals surface area contributed by atoms with Crippen molar-refractivity contribution in [2.24, 2.45) is 0 Å². The first-order valence-corrected chi connectivity index (χ1v) is 8.88. The standard InChI is InChI=1S/C17H32N2O6/c1-3-9-24-14-17(22)19-8-10-23-11-12-25-13-15(20)6-5-7-18-16(21)4-2/h3-14H2,1-2H3,(H,18,21)(H,19,22).